The van der Waals surface area contributed by atoms with Crippen molar-refractivity contribution in [3.63, 3.8) is 0 Å². The number of nitrogens with zero attached hydrogens (tertiary/aromatic N) is 4. The van der Waals surface area contributed by atoms with Crippen molar-refractivity contribution in [1.29, 1.82) is 0 Å². The molecule has 3 aliphatic rings. The van der Waals surface area contributed by atoms with Crippen molar-refractivity contribution in [2.75, 3.05) is 19.6 Å². The number of imidazole rings is 1. The van der Waals surface area contributed by atoms with Gasteiger partial charge in [0.1, 0.15) is 5.82 Å². The minimum absolute atomic E-state index is 0.0152. The summed E-state index contributed by atoms with van der Waals surface area (Å²) in [6, 6.07) is 26.7. The SMILES string of the molecule is Cc1nc2ccccc2n1C1C[C@H]2CC[C@@H](C1)N2CCC1(c2ccccc2)CCN(C(=O)c2ccc(SC(F)(F)F)cc2)CC1. The number of alkyl halides is 3. The highest BCUT2D eigenvalue weighted by Gasteiger charge is 2.44. The highest BCUT2D eigenvalue weighted by Crippen LogP contribution is 2.45. The zero-order chi connectivity index (χ0) is 31.2. The molecule has 45 heavy (non-hydrogen) atoms. The molecule has 9 heteroatoms. The van der Waals surface area contributed by atoms with E-state index < -0.39 is 5.51 Å². The zero-order valence-corrected chi connectivity index (χ0v) is 26.4. The maximum atomic E-state index is 13.4. The third-order valence-corrected chi connectivity index (χ3v) is 11.3. The van der Waals surface area contributed by atoms with Crippen LogP contribution in [0.1, 0.15) is 72.7 Å². The Morgan fingerprint density at radius 1 is 0.889 bits per heavy atom. The largest absolute Gasteiger partial charge is 0.446 e. The van der Waals surface area contributed by atoms with Gasteiger partial charge in [0.25, 0.3) is 5.91 Å². The first kappa shape index (κ1) is 30.4. The summed E-state index contributed by atoms with van der Waals surface area (Å²) >= 11 is -0.157. The van der Waals surface area contributed by atoms with E-state index in [9.17, 15) is 18.0 Å². The highest BCUT2D eigenvalue weighted by atomic mass is 32.2. The first-order valence-corrected chi connectivity index (χ1v) is 16.9. The Bertz CT molecular complexity index is 1630. The van der Waals surface area contributed by atoms with Crippen molar-refractivity contribution < 1.29 is 18.0 Å². The third kappa shape index (κ3) is 6.13. The molecule has 3 aliphatic heterocycles. The number of rotatable bonds is 7. The van der Waals surface area contributed by atoms with Crippen LogP contribution in [0.25, 0.3) is 11.0 Å². The van der Waals surface area contributed by atoms with E-state index in [1.807, 2.05) is 4.90 Å². The predicted molar refractivity (Wildman–Crippen MR) is 172 cm³/mol. The Morgan fingerprint density at radius 2 is 1.53 bits per heavy atom. The van der Waals surface area contributed by atoms with Gasteiger partial charge in [0.05, 0.1) is 11.0 Å². The predicted octanol–water partition coefficient (Wildman–Crippen LogP) is 8.39. The van der Waals surface area contributed by atoms with Gasteiger partial charge in [-0.05, 0) is 118 Å². The number of aromatic nitrogens is 2. The number of fused-ring (bicyclic) bond motifs is 3. The molecule has 3 atom stereocenters. The smallest absolute Gasteiger partial charge is 0.339 e. The molecule has 1 unspecified atom stereocenters. The van der Waals surface area contributed by atoms with Gasteiger partial charge in [0, 0.05) is 41.7 Å². The molecule has 1 amide bonds. The van der Waals surface area contributed by atoms with Gasteiger partial charge in [-0.25, -0.2) is 4.98 Å². The van der Waals surface area contributed by atoms with Crippen molar-refractivity contribution in [3.05, 3.63) is 95.8 Å². The van der Waals surface area contributed by atoms with E-state index >= 15 is 0 Å². The van der Waals surface area contributed by atoms with Crippen molar-refractivity contribution in [2.24, 2.45) is 0 Å². The quantitative estimate of drug-likeness (QED) is 0.192. The lowest BCUT2D eigenvalue weighted by atomic mass is 9.70. The van der Waals surface area contributed by atoms with E-state index in [1.165, 1.54) is 48.2 Å². The number of aryl methyl sites for hydroxylation is 1. The molecule has 4 aromatic rings. The van der Waals surface area contributed by atoms with Crippen LogP contribution in [0, 0.1) is 6.92 Å². The molecule has 0 spiro atoms. The number of hydrogen-bond donors (Lipinski definition) is 0. The van der Waals surface area contributed by atoms with Crippen LogP contribution >= 0.6 is 11.8 Å². The molecule has 7 rings (SSSR count). The number of piperidine rings is 2. The Morgan fingerprint density at radius 3 is 2.20 bits per heavy atom. The van der Waals surface area contributed by atoms with Crippen LogP contribution in [0.2, 0.25) is 0 Å². The van der Waals surface area contributed by atoms with E-state index in [4.69, 9.17) is 4.98 Å². The first-order chi connectivity index (χ1) is 21.7. The number of carbonyl (C=O) groups is 1. The number of hydrogen-bond acceptors (Lipinski definition) is 4. The van der Waals surface area contributed by atoms with Crippen LogP contribution < -0.4 is 0 Å². The minimum atomic E-state index is -4.34. The standard InChI is InChI=1S/C36H39F3N4OS/c1-25-40-32-9-5-6-10-33(32)43(25)30-23-28-13-14-29(24-30)42(28)22-19-35(27-7-3-2-4-8-27)17-20-41(21-18-35)34(44)26-11-15-31(16-12-26)45-36(37,38)39/h2-12,15-16,28-30H,13-14,17-24H2,1H3/t28-,29+,30?. The molecule has 0 saturated carbocycles. The molecule has 2 bridgehead atoms. The molecule has 0 N–H and O–H groups in total. The maximum absolute atomic E-state index is 13.4. The summed E-state index contributed by atoms with van der Waals surface area (Å²) in [5, 5.41) is 0. The summed E-state index contributed by atoms with van der Waals surface area (Å²) in [4.78, 5) is 23.0. The second-order valence-electron chi connectivity index (χ2n) is 13.0. The van der Waals surface area contributed by atoms with E-state index in [1.54, 1.807) is 0 Å². The van der Waals surface area contributed by atoms with Crippen molar-refractivity contribution in [2.45, 2.75) is 85.8 Å². The monoisotopic (exact) mass is 632 g/mol. The molecule has 0 aliphatic carbocycles. The summed E-state index contributed by atoms with van der Waals surface area (Å²) < 4.78 is 40.7. The molecule has 0 radical (unpaired) electrons. The number of benzene rings is 3. The first-order valence-electron chi connectivity index (χ1n) is 16.1. The summed E-state index contributed by atoms with van der Waals surface area (Å²) in [6.07, 6.45) is 7.58. The molecule has 5 nitrogen and oxygen atoms in total. The van der Waals surface area contributed by atoms with Crippen LogP contribution in [0.4, 0.5) is 13.2 Å². The van der Waals surface area contributed by atoms with Gasteiger partial charge in [-0.2, -0.15) is 13.2 Å². The highest BCUT2D eigenvalue weighted by molar-refractivity contribution is 8.00. The normalized spacial score (nSPS) is 23.5. The van der Waals surface area contributed by atoms with Gasteiger partial charge in [-0.1, -0.05) is 42.5 Å². The Balaban J connectivity index is 1.03. The van der Waals surface area contributed by atoms with Crippen molar-refractivity contribution in [1.82, 2.24) is 19.4 Å². The number of amides is 1. The second-order valence-corrected chi connectivity index (χ2v) is 14.2. The van der Waals surface area contributed by atoms with Gasteiger partial charge in [-0.15, -0.1) is 0 Å². The summed E-state index contributed by atoms with van der Waals surface area (Å²) in [6.45, 7) is 4.45. The fraction of sp³-hybridized carbons (Fsp3) is 0.444. The summed E-state index contributed by atoms with van der Waals surface area (Å²) in [5.74, 6) is 0.997. The van der Waals surface area contributed by atoms with Gasteiger partial charge >= 0.3 is 5.51 Å². The summed E-state index contributed by atoms with van der Waals surface area (Å²) in [5.41, 5.74) is -0.256. The number of halogens is 3. The average Bonchev–Trinajstić information content (AvgIpc) is 3.50. The van der Waals surface area contributed by atoms with Gasteiger partial charge in [0.2, 0.25) is 0 Å². The lowest BCUT2D eigenvalue weighted by Gasteiger charge is -2.45. The number of para-hydroxylation sites is 2. The van der Waals surface area contributed by atoms with Crippen LogP contribution in [0.5, 0.6) is 0 Å². The van der Waals surface area contributed by atoms with E-state index in [2.05, 4.69) is 71.0 Å². The minimum Gasteiger partial charge on any atom is -0.339 e. The summed E-state index contributed by atoms with van der Waals surface area (Å²) in [7, 11) is 0. The fourth-order valence-electron chi connectivity index (χ4n) is 8.38. The zero-order valence-electron chi connectivity index (χ0n) is 25.5. The molecular weight excluding hydrogens is 593 g/mol. The molecule has 1 aromatic heterocycles. The third-order valence-electron chi connectivity index (χ3n) is 10.6. The lowest BCUT2D eigenvalue weighted by molar-refractivity contribution is -0.0328. The van der Waals surface area contributed by atoms with E-state index in [0.717, 1.165) is 50.0 Å². The topological polar surface area (TPSA) is 41.4 Å². The van der Waals surface area contributed by atoms with Crippen LogP contribution in [0.15, 0.2) is 83.8 Å². The number of carbonyl (C=O) groups excluding carboxylic acids is 1. The number of thioether (sulfide) groups is 1. The van der Waals surface area contributed by atoms with Gasteiger partial charge < -0.3 is 9.47 Å². The Labute approximate surface area is 266 Å². The second kappa shape index (κ2) is 12.1. The Kier molecular flexibility index (Phi) is 8.19. The molecule has 3 aromatic carbocycles. The van der Waals surface area contributed by atoms with Crippen LogP contribution in [0.3, 0.4) is 0 Å². The molecular formula is C36H39F3N4OS. The van der Waals surface area contributed by atoms with E-state index in [0.29, 0.717) is 36.8 Å². The van der Waals surface area contributed by atoms with Crippen molar-refractivity contribution >= 4 is 28.7 Å². The van der Waals surface area contributed by atoms with Gasteiger partial charge in [0.15, 0.2) is 0 Å². The average molecular weight is 633 g/mol. The molecule has 3 saturated heterocycles. The van der Waals surface area contributed by atoms with Crippen LogP contribution in [-0.4, -0.2) is 62.5 Å². The Hall–Kier alpha value is -3.30. The van der Waals surface area contributed by atoms with Crippen LogP contribution in [-0.2, 0) is 5.41 Å². The lowest BCUT2D eigenvalue weighted by Crippen LogP contribution is -2.49. The fourth-order valence-corrected chi connectivity index (χ4v) is 8.92. The molecule has 3 fully saturated rings. The van der Waals surface area contributed by atoms with E-state index in [-0.39, 0.29) is 28.0 Å². The molecule has 4 heterocycles. The number of likely N-dealkylation sites (tertiary alicyclic amines) is 1. The maximum Gasteiger partial charge on any atom is 0.446 e. The van der Waals surface area contributed by atoms with Gasteiger partial charge in [-0.3, -0.25) is 9.69 Å². The molecule has 236 valence electrons. The van der Waals surface area contributed by atoms with Crippen molar-refractivity contribution in [3.8, 4) is 0 Å².